The second kappa shape index (κ2) is 7.29. The molecule has 0 unspecified atom stereocenters. The predicted molar refractivity (Wildman–Crippen MR) is 61.9 cm³/mol. The van der Waals surface area contributed by atoms with Gasteiger partial charge in [-0.2, -0.15) is 0 Å². The van der Waals surface area contributed by atoms with E-state index < -0.39 is 13.0 Å². The number of hydrogen-bond donors (Lipinski definition) is 1. The molecule has 1 rings (SSSR count). The standard InChI is InChI=1S/C12H18F2N2O/c1-9(2)16-6-10-4-3-5-15-11(10)7-17-8-12(13)14/h3-5,9,12,16H,6-8H2,1-2H3. The Morgan fingerprint density at radius 3 is 2.82 bits per heavy atom. The molecule has 1 aromatic heterocycles. The lowest BCUT2D eigenvalue weighted by molar-refractivity contribution is 0.00857. The SMILES string of the molecule is CC(C)NCc1cccnc1COCC(F)F. The van der Waals surface area contributed by atoms with Crippen LogP contribution in [0.1, 0.15) is 25.1 Å². The van der Waals surface area contributed by atoms with Gasteiger partial charge in [-0.15, -0.1) is 0 Å². The first-order valence-corrected chi connectivity index (χ1v) is 5.61. The lowest BCUT2D eigenvalue weighted by Crippen LogP contribution is -2.23. The molecule has 1 aromatic rings. The minimum atomic E-state index is -2.43. The van der Waals surface area contributed by atoms with Crippen LogP contribution in [0.15, 0.2) is 18.3 Å². The highest BCUT2D eigenvalue weighted by molar-refractivity contribution is 5.18. The van der Waals surface area contributed by atoms with Crippen molar-refractivity contribution >= 4 is 0 Å². The van der Waals surface area contributed by atoms with Gasteiger partial charge in [-0.25, -0.2) is 8.78 Å². The van der Waals surface area contributed by atoms with Gasteiger partial charge in [0.1, 0.15) is 6.61 Å². The van der Waals surface area contributed by atoms with E-state index in [1.54, 1.807) is 6.20 Å². The van der Waals surface area contributed by atoms with E-state index >= 15 is 0 Å². The monoisotopic (exact) mass is 244 g/mol. The number of rotatable bonds is 7. The number of halogens is 2. The number of ether oxygens (including phenoxy) is 1. The fourth-order valence-electron chi connectivity index (χ4n) is 1.32. The van der Waals surface area contributed by atoms with Crippen molar-refractivity contribution in [3.05, 3.63) is 29.6 Å². The highest BCUT2D eigenvalue weighted by atomic mass is 19.3. The van der Waals surface area contributed by atoms with Gasteiger partial charge in [-0.1, -0.05) is 19.9 Å². The van der Waals surface area contributed by atoms with Crippen molar-refractivity contribution < 1.29 is 13.5 Å². The van der Waals surface area contributed by atoms with Crippen molar-refractivity contribution in [3.8, 4) is 0 Å². The summed E-state index contributed by atoms with van der Waals surface area (Å²) >= 11 is 0. The molecule has 5 heteroatoms. The maximum absolute atomic E-state index is 11.9. The molecular weight excluding hydrogens is 226 g/mol. The molecule has 0 saturated carbocycles. The van der Waals surface area contributed by atoms with Crippen LogP contribution >= 0.6 is 0 Å². The van der Waals surface area contributed by atoms with Crippen LogP contribution in [-0.4, -0.2) is 24.1 Å². The predicted octanol–water partition coefficient (Wildman–Crippen LogP) is 2.36. The average Bonchev–Trinajstić information content (AvgIpc) is 2.27. The normalized spacial score (nSPS) is 11.4. The minimum absolute atomic E-state index is 0.125. The zero-order valence-electron chi connectivity index (χ0n) is 10.1. The summed E-state index contributed by atoms with van der Waals surface area (Å²) in [5.41, 5.74) is 1.69. The summed E-state index contributed by atoms with van der Waals surface area (Å²) in [6.07, 6.45) is -0.795. The molecule has 1 heterocycles. The highest BCUT2D eigenvalue weighted by Gasteiger charge is 2.06. The summed E-state index contributed by atoms with van der Waals surface area (Å²) < 4.78 is 28.8. The van der Waals surface area contributed by atoms with Crippen molar-refractivity contribution in [3.63, 3.8) is 0 Å². The van der Waals surface area contributed by atoms with Gasteiger partial charge in [-0.3, -0.25) is 4.98 Å². The maximum atomic E-state index is 11.9. The molecule has 3 nitrogen and oxygen atoms in total. The molecule has 0 spiro atoms. The summed E-state index contributed by atoms with van der Waals surface area (Å²) in [6.45, 7) is 4.33. The molecule has 1 N–H and O–H groups in total. The Hall–Kier alpha value is -1.07. The van der Waals surface area contributed by atoms with E-state index in [1.165, 1.54) is 0 Å². The van der Waals surface area contributed by atoms with E-state index in [1.807, 2.05) is 26.0 Å². The molecule has 0 aliphatic heterocycles. The van der Waals surface area contributed by atoms with Crippen LogP contribution in [0.2, 0.25) is 0 Å². The van der Waals surface area contributed by atoms with Crippen molar-refractivity contribution in [1.29, 1.82) is 0 Å². The summed E-state index contributed by atoms with van der Waals surface area (Å²) in [5.74, 6) is 0. The molecule has 0 aromatic carbocycles. The number of nitrogens with one attached hydrogen (secondary N) is 1. The number of alkyl halides is 2. The number of hydrogen-bond acceptors (Lipinski definition) is 3. The summed E-state index contributed by atoms with van der Waals surface area (Å²) in [6, 6.07) is 4.11. The van der Waals surface area contributed by atoms with E-state index in [0.29, 0.717) is 18.3 Å². The number of aromatic nitrogens is 1. The molecule has 0 bridgehead atoms. The maximum Gasteiger partial charge on any atom is 0.261 e. The summed E-state index contributed by atoms with van der Waals surface area (Å²) in [4.78, 5) is 4.14. The molecule has 96 valence electrons. The van der Waals surface area contributed by atoms with E-state index in [4.69, 9.17) is 4.74 Å². The van der Waals surface area contributed by atoms with E-state index in [0.717, 1.165) is 5.56 Å². The Bertz CT molecular complexity index is 332. The highest BCUT2D eigenvalue weighted by Crippen LogP contribution is 2.08. The second-order valence-corrected chi connectivity index (χ2v) is 4.05. The van der Waals surface area contributed by atoms with Crippen molar-refractivity contribution in [2.24, 2.45) is 0 Å². The largest absolute Gasteiger partial charge is 0.369 e. The average molecular weight is 244 g/mol. The van der Waals surface area contributed by atoms with E-state index in [-0.39, 0.29) is 6.61 Å². The molecule has 0 aliphatic rings. The Labute approximate surface area is 100 Å². The number of pyridine rings is 1. The Morgan fingerprint density at radius 2 is 2.18 bits per heavy atom. The zero-order chi connectivity index (χ0) is 12.7. The number of nitrogens with zero attached hydrogens (tertiary/aromatic N) is 1. The third-order valence-corrected chi connectivity index (χ3v) is 2.17. The molecular formula is C12H18F2N2O. The zero-order valence-corrected chi connectivity index (χ0v) is 10.1. The first kappa shape index (κ1) is 14.0. The van der Waals surface area contributed by atoms with Crippen LogP contribution in [0.25, 0.3) is 0 Å². The van der Waals surface area contributed by atoms with Gasteiger partial charge in [0, 0.05) is 18.8 Å². The van der Waals surface area contributed by atoms with Crippen molar-refractivity contribution in [2.75, 3.05) is 6.61 Å². The summed E-state index contributed by atoms with van der Waals surface area (Å²) in [7, 11) is 0. The van der Waals surface area contributed by atoms with Gasteiger partial charge in [0.15, 0.2) is 0 Å². The van der Waals surface area contributed by atoms with Crippen LogP contribution in [0, 0.1) is 0 Å². The fraction of sp³-hybridized carbons (Fsp3) is 0.583. The second-order valence-electron chi connectivity index (χ2n) is 4.05. The quantitative estimate of drug-likeness (QED) is 0.799. The van der Waals surface area contributed by atoms with Crippen LogP contribution in [0.5, 0.6) is 0 Å². The molecule has 0 aliphatic carbocycles. The molecule has 0 atom stereocenters. The third-order valence-electron chi connectivity index (χ3n) is 2.17. The first-order chi connectivity index (χ1) is 8.09. The van der Waals surface area contributed by atoms with Crippen LogP contribution < -0.4 is 5.32 Å². The first-order valence-electron chi connectivity index (χ1n) is 5.61. The Kier molecular flexibility index (Phi) is 6.00. The lowest BCUT2D eigenvalue weighted by atomic mass is 10.2. The fourth-order valence-corrected chi connectivity index (χ4v) is 1.32. The lowest BCUT2D eigenvalue weighted by Gasteiger charge is -2.11. The smallest absolute Gasteiger partial charge is 0.261 e. The third kappa shape index (κ3) is 5.70. The summed E-state index contributed by atoms with van der Waals surface area (Å²) in [5, 5.41) is 3.26. The molecule has 0 amide bonds. The molecule has 0 fully saturated rings. The van der Waals surface area contributed by atoms with Crippen molar-refractivity contribution in [1.82, 2.24) is 10.3 Å². The Morgan fingerprint density at radius 1 is 1.41 bits per heavy atom. The minimum Gasteiger partial charge on any atom is -0.369 e. The Balaban J connectivity index is 2.51. The molecule has 0 saturated heterocycles. The topological polar surface area (TPSA) is 34.2 Å². The van der Waals surface area contributed by atoms with E-state index in [2.05, 4.69) is 10.3 Å². The van der Waals surface area contributed by atoms with Gasteiger partial charge in [0.2, 0.25) is 0 Å². The van der Waals surface area contributed by atoms with Gasteiger partial charge >= 0.3 is 0 Å². The molecule has 17 heavy (non-hydrogen) atoms. The van der Waals surface area contributed by atoms with E-state index in [9.17, 15) is 8.78 Å². The van der Waals surface area contributed by atoms with Gasteiger partial charge in [0.05, 0.1) is 12.3 Å². The van der Waals surface area contributed by atoms with Gasteiger partial charge in [0.25, 0.3) is 6.43 Å². The van der Waals surface area contributed by atoms with Crippen molar-refractivity contribution in [2.45, 2.75) is 39.5 Å². The van der Waals surface area contributed by atoms with Crippen LogP contribution in [0.3, 0.4) is 0 Å². The van der Waals surface area contributed by atoms with Gasteiger partial charge in [-0.05, 0) is 11.6 Å². The van der Waals surface area contributed by atoms with Gasteiger partial charge < -0.3 is 10.1 Å². The molecule has 0 radical (unpaired) electrons. The van der Waals surface area contributed by atoms with Crippen LogP contribution in [0.4, 0.5) is 8.78 Å². The van der Waals surface area contributed by atoms with Crippen LogP contribution in [-0.2, 0) is 17.9 Å².